The normalized spacial score (nSPS) is 18.7. The van der Waals surface area contributed by atoms with E-state index in [4.69, 9.17) is 4.74 Å². The highest BCUT2D eigenvalue weighted by Crippen LogP contribution is 2.48. The van der Waals surface area contributed by atoms with E-state index in [0.717, 1.165) is 59.1 Å². The Morgan fingerprint density at radius 3 is 2.79 bits per heavy atom. The van der Waals surface area contributed by atoms with Gasteiger partial charge in [0.05, 0.1) is 16.7 Å². The fourth-order valence-corrected chi connectivity index (χ4v) is 4.80. The Hall–Kier alpha value is -3.38. The van der Waals surface area contributed by atoms with Gasteiger partial charge < -0.3 is 15.4 Å². The predicted octanol–water partition coefficient (Wildman–Crippen LogP) is 4.73. The van der Waals surface area contributed by atoms with E-state index < -0.39 is 0 Å². The molecule has 0 bridgehead atoms. The third kappa shape index (κ3) is 4.03. The Bertz CT molecular complexity index is 1260. The summed E-state index contributed by atoms with van der Waals surface area (Å²) in [6.07, 6.45) is 6.56. The molecule has 0 unspecified atom stereocenters. The van der Waals surface area contributed by atoms with Gasteiger partial charge in [-0.15, -0.1) is 0 Å². The van der Waals surface area contributed by atoms with Crippen molar-refractivity contribution in [1.29, 1.82) is 0 Å². The number of nitrogens with zero attached hydrogens (tertiary/aromatic N) is 2. The van der Waals surface area contributed by atoms with Crippen LogP contribution in [0.1, 0.15) is 46.3 Å². The van der Waals surface area contributed by atoms with E-state index in [-0.39, 0.29) is 11.4 Å². The minimum atomic E-state index is -0.388. The lowest BCUT2D eigenvalue weighted by Gasteiger charge is -2.37. The number of hydrogen-bond donors (Lipinski definition) is 2. The lowest BCUT2D eigenvalue weighted by atomic mass is 9.95. The topological polar surface area (TPSA) is 66.5 Å². The van der Waals surface area contributed by atoms with Gasteiger partial charge in [-0.1, -0.05) is 18.7 Å². The van der Waals surface area contributed by atoms with E-state index in [1.165, 1.54) is 0 Å². The molecule has 2 aliphatic rings. The third-order valence-electron chi connectivity index (χ3n) is 7.31. The second-order valence-corrected chi connectivity index (χ2v) is 9.53. The van der Waals surface area contributed by atoms with Gasteiger partial charge in [0.25, 0.3) is 5.91 Å². The number of amides is 1. The number of rotatable bonds is 8. The van der Waals surface area contributed by atoms with Gasteiger partial charge in [-0.25, -0.2) is 0 Å². The molecule has 1 atom stereocenters. The molecule has 1 saturated heterocycles. The molecule has 2 fully saturated rings. The van der Waals surface area contributed by atoms with Gasteiger partial charge in [0.15, 0.2) is 0 Å². The number of anilines is 1. The molecular weight excluding hydrogens is 424 g/mol. The number of aryl methyl sites for hydroxylation is 1. The van der Waals surface area contributed by atoms with Gasteiger partial charge in [-0.2, -0.15) is 0 Å². The fraction of sp³-hybridized carbons (Fsp3) is 0.357. The molecule has 6 nitrogen and oxygen atoms in total. The first-order chi connectivity index (χ1) is 16.4. The summed E-state index contributed by atoms with van der Waals surface area (Å²) >= 11 is 0. The maximum Gasteiger partial charge on any atom is 0.252 e. The van der Waals surface area contributed by atoms with Crippen molar-refractivity contribution < 1.29 is 9.53 Å². The Balaban J connectivity index is 1.44. The van der Waals surface area contributed by atoms with Gasteiger partial charge >= 0.3 is 0 Å². The number of likely N-dealkylation sites (N-methyl/N-ethyl adjacent to an activating group) is 1. The number of ether oxygens (including phenoxy) is 1. The van der Waals surface area contributed by atoms with Gasteiger partial charge in [0.2, 0.25) is 0 Å². The van der Waals surface area contributed by atoms with Gasteiger partial charge in [-0.3, -0.25) is 14.7 Å². The molecule has 1 aliphatic heterocycles. The number of nitrogens with one attached hydrogen (secondary N) is 2. The van der Waals surface area contributed by atoms with Crippen LogP contribution in [0.15, 0.2) is 49.2 Å². The number of pyridine rings is 1. The highest BCUT2D eigenvalue weighted by molar-refractivity contribution is 5.98. The molecule has 1 amide bonds. The number of fused-ring (bicyclic) bond motifs is 1. The lowest BCUT2D eigenvalue weighted by Crippen LogP contribution is -2.48. The molecule has 6 heteroatoms. The summed E-state index contributed by atoms with van der Waals surface area (Å²) in [5.41, 5.74) is 5.10. The lowest BCUT2D eigenvalue weighted by molar-refractivity contribution is 0.0770. The second-order valence-electron chi connectivity index (χ2n) is 9.53. The molecule has 34 heavy (non-hydrogen) atoms. The maximum absolute atomic E-state index is 13.6. The Labute approximate surface area is 201 Å². The average molecular weight is 457 g/mol. The fourth-order valence-electron chi connectivity index (χ4n) is 4.80. The molecule has 1 aromatic heterocycles. The SMILES string of the molecule is C=Cc1cc(C2(NC(=O)c3cc(OC[C@@H]4CCN4C)c(NC)cc3C)CC2)c2cccnc2c1. The molecule has 176 valence electrons. The van der Waals surface area contributed by atoms with E-state index in [0.29, 0.717) is 24.0 Å². The van der Waals surface area contributed by atoms with E-state index in [1.807, 2.05) is 44.3 Å². The van der Waals surface area contributed by atoms with Crippen molar-refractivity contribution in [2.45, 2.75) is 37.8 Å². The Morgan fingerprint density at radius 2 is 2.15 bits per heavy atom. The molecule has 2 N–H and O–H groups in total. The number of hydrogen-bond acceptors (Lipinski definition) is 5. The van der Waals surface area contributed by atoms with Crippen LogP contribution in [0.2, 0.25) is 0 Å². The zero-order chi connectivity index (χ0) is 23.9. The van der Waals surface area contributed by atoms with Crippen molar-refractivity contribution in [3.05, 3.63) is 71.4 Å². The van der Waals surface area contributed by atoms with Gasteiger partial charge in [0, 0.05) is 30.2 Å². The highest BCUT2D eigenvalue weighted by Gasteiger charge is 2.47. The highest BCUT2D eigenvalue weighted by atomic mass is 16.5. The number of likely N-dealkylation sites (tertiary alicyclic amines) is 1. The summed E-state index contributed by atoms with van der Waals surface area (Å²) in [6, 6.07) is 12.5. The molecule has 1 saturated carbocycles. The summed E-state index contributed by atoms with van der Waals surface area (Å²) in [7, 11) is 3.99. The molecule has 2 aromatic carbocycles. The van der Waals surface area contributed by atoms with Crippen LogP contribution >= 0.6 is 0 Å². The maximum atomic E-state index is 13.6. The second kappa shape index (κ2) is 8.76. The van der Waals surface area contributed by atoms with Gasteiger partial charge in [0.1, 0.15) is 12.4 Å². The number of benzene rings is 2. The first-order valence-corrected chi connectivity index (χ1v) is 11.9. The monoisotopic (exact) mass is 456 g/mol. The van der Waals surface area contributed by atoms with Gasteiger partial charge in [-0.05, 0) is 86.8 Å². The summed E-state index contributed by atoms with van der Waals surface area (Å²) in [4.78, 5) is 20.4. The van der Waals surface area contributed by atoms with Crippen molar-refractivity contribution in [2.24, 2.45) is 0 Å². The molecule has 0 spiro atoms. The zero-order valence-corrected chi connectivity index (χ0v) is 20.1. The molecular formula is C28H32N4O2. The van der Waals surface area contributed by atoms with Crippen LogP contribution in [0.5, 0.6) is 5.75 Å². The minimum Gasteiger partial charge on any atom is -0.490 e. The minimum absolute atomic E-state index is 0.0793. The summed E-state index contributed by atoms with van der Waals surface area (Å²) < 4.78 is 6.16. The van der Waals surface area contributed by atoms with Crippen molar-refractivity contribution in [2.75, 3.05) is 32.6 Å². The van der Waals surface area contributed by atoms with Crippen molar-refractivity contribution >= 4 is 28.6 Å². The van der Waals surface area contributed by atoms with Crippen LogP contribution in [0.3, 0.4) is 0 Å². The Kier molecular flexibility index (Phi) is 5.78. The van der Waals surface area contributed by atoms with E-state index >= 15 is 0 Å². The van der Waals surface area contributed by atoms with Crippen LogP contribution < -0.4 is 15.4 Å². The van der Waals surface area contributed by atoms with Crippen LogP contribution in [0.4, 0.5) is 5.69 Å². The van der Waals surface area contributed by atoms with Crippen molar-refractivity contribution in [1.82, 2.24) is 15.2 Å². The molecule has 5 rings (SSSR count). The van der Waals surface area contributed by atoms with Crippen LogP contribution in [-0.4, -0.2) is 49.1 Å². The number of aromatic nitrogens is 1. The first kappa shape index (κ1) is 22.4. The van der Waals surface area contributed by atoms with Crippen LogP contribution in [0.25, 0.3) is 17.0 Å². The average Bonchev–Trinajstić information content (AvgIpc) is 3.63. The Morgan fingerprint density at radius 1 is 1.32 bits per heavy atom. The smallest absolute Gasteiger partial charge is 0.252 e. The first-order valence-electron chi connectivity index (χ1n) is 11.9. The summed E-state index contributed by atoms with van der Waals surface area (Å²) in [6.45, 7) is 7.63. The van der Waals surface area contributed by atoms with E-state index in [1.54, 1.807) is 6.20 Å². The number of carbonyl (C=O) groups is 1. The van der Waals surface area contributed by atoms with Crippen molar-refractivity contribution in [3.63, 3.8) is 0 Å². The predicted molar refractivity (Wildman–Crippen MR) is 137 cm³/mol. The number of carbonyl (C=O) groups excluding carboxylic acids is 1. The van der Waals surface area contributed by atoms with E-state index in [2.05, 4.69) is 46.3 Å². The quantitative estimate of drug-likeness (QED) is 0.513. The molecule has 3 aromatic rings. The molecule has 0 radical (unpaired) electrons. The summed E-state index contributed by atoms with van der Waals surface area (Å²) in [5, 5.41) is 7.64. The molecule has 1 aliphatic carbocycles. The van der Waals surface area contributed by atoms with Crippen molar-refractivity contribution in [3.8, 4) is 5.75 Å². The van der Waals surface area contributed by atoms with E-state index in [9.17, 15) is 4.79 Å². The van der Waals surface area contributed by atoms with Crippen LogP contribution in [-0.2, 0) is 5.54 Å². The standard InChI is InChI=1S/C28H32N4O2/c1-5-19-14-23(21-7-6-11-30-24(21)15-19)28(9-10-28)31-27(33)22-16-26(25(29-3)13-18(22)2)34-17-20-8-12-32(20)4/h5-7,11,13-16,20,29H,1,8-10,12,17H2,2-4H3,(H,31,33)/t20-/m0/s1. The summed E-state index contributed by atoms with van der Waals surface area (Å²) in [5.74, 6) is 0.635. The largest absolute Gasteiger partial charge is 0.490 e. The molecule has 2 heterocycles. The zero-order valence-electron chi connectivity index (χ0n) is 20.1. The third-order valence-corrected chi connectivity index (χ3v) is 7.31. The van der Waals surface area contributed by atoms with Crippen LogP contribution in [0, 0.1) is 6.92 Å².